The molecule has 0 bridgehead atoms. The summed E-state index contributed by atoms with van der Waals surface area (Å²) >= 11 is 7.51. The zero-order valence-corrected chi connectivity index (χ0v) is 11.9. The summed E-state index contributed by atoms with van der Waals surface area (Å²) in [4.78, 5) is 0. The molecule has 0 saturated heterocycles. The zero-order valence-electron chi connectivity index (χ0n) is 8.48. The molecule has 0 amide bonds. The van der Waals surface area contributed by atoms with Gasteiger partial charge in [-0.25, -0.2) is 0 Å². The Kier molecular flexibility index (Phi) is 11.3. The van der Waals surface area contributed by atoms with Gasteiger partial charge in [0.15, 0.2) is 0 Å². The predicted octanol–water partition coefficient (Wildman–Crippen LogP) is 0.388. The molecule has 0 fully saturated rings. The van der Waals surface area contributed by atoms with Gasteiger partial charge in [0.05, 0.1) is 11.5 Å². The van der Waals surface area contributed by atoms with Crippen molar-refractivity contribution in [1.82, 2.24) is 0 Å². The van der Waals surface area contributed by atoms with E-state index in [1.165, 1.54) is 0 Å². The van der Waals surface area contributed by atoms with Crippen LogP contribution in [0.2, 0.25) is 0 Å². The normalized spacial score (nSPS) is 11.8. The average molecular weight is 312 g/mol. The summed E-state index contributed by atoms with van der Waals surface area (Å²) in [5.74, 6) is 0.604. The molecule has 0 unspecified atom stereocenters. The molecule has 0 aliphatic carbocycles. The SMILES string of the molecule is O=S(=O)(O)CCCS.O=S(=O)(O)CCCS. The molecule has 6 nitrogen and oxygen atoms in total. The van der Waals surface area contributed by atoms with Crippen LogP contribution in [0.3, 0.4) is 0 Å². The van der Waals surface area contributed by atoms with Crippen LogP contribution in [0.4, 0.5) is 0 Å². The highest BCUT2D eigenvalue weighted by atomic mass is 32.2. The highest BCUT2D eigenvalue weighted by molar-refractivity contribution is 7.86. The topological polar surface area (TPSA) is 109 Å². The van der Waals surface area contributed by atoms with Gasteiger partial charge in [0, 0.05) is 0 Å². The molecule has 0 atom stereocenters. The van der Waals surface area contributed by atoms with E-state index < -0.39 is 20.2 Å². The lowest BCUT2D eigenvalue weighted by Crippen LogP contribution is -2.03. The fourth-order valence-electron chi connectivity index (χ4n) is 0.494. The first kappa shape index (κ1) is 18.9. The smallest absolute Gasteiger partial charge is 0.264 e. The Bertz CT molecular complexity index is 309. The van der Waals surface area contributed by atoms with Gasteiger partial charge in [0.2, 0.25) is 0 Å². The van der Waals surface area contributed by atoms with Crippen LogP contribution in [0.15, 0.2) is 0 Å². The van der Waals surface area contributed by atoms with Crippen LogP contribution in [-0.2, 0) is 20.2 Å². The second-order valence-electron chi connectivity index (χ2n) is 2.73. The third-order valence-corrected chi connectivity index (χ3v) is 3.36. The summed E-state index contributed by atoms with van der Waals surface area (Å²) in [6.07, 6.45) is 0.809. The molecule has 0 aromatic carbocycles. The first-order valence-electron chi connectivity index (χ1n) is 4.24. The Balaban J connectivity index is 0. The van der Waals surface area contributed by atoms with Gasteiger partial charge in [-0.1, -0.05) is 0 Å². The number of hydrogen-bond donors (Lipinski definition) is 4. The van der Waals surface area contributed by atoms with Crippen molar-refractivity contribution < 1.29 is 25.9 Å². The Morgan fingerprint density at radius 1 is 0.750 bits per heavy atom. The van der Waals surface area contributed by atoms with E-state index in [2.05, 4.69) is 25.3 Å². The summed E-state index contributed by atoms with van der Waals surface area (Å²) < 4.78 is 55.8. The maximum Gasteiger partial charge on any atom is 0.264 e. The minimum Gasteiger partial charge on any atom is -0.286 e. The predicted molar refractivity (Wildman–Crippen MR) is 69.8 cm³/mol. The van der Waals surface area contributed by atoms with E-state index in [0.717, 1.165) is 0 Å². The van der Waals surface area contributed by atoms with Crippen LogP contribution in [0.1, 0.15) is 12.8 Å². The molecular formula is C6H16O6S4. The Labute approximate surface area is 107 Å². The molecule has 0 aliphatic rings. The molecule has 0 spiro atoms. The lowest BCUT2D eigenvalue weighted by atomic mass is 10.6. The van der Waals surface area contributed by atoms with Crippen LogP contribution in [0, 0.1) is 0 Å². The summed E-state index contributed by atoms with van der Waals surface area (Å²) in [6.45, 7) is 0. The number of thiol groups is 2. The monoisotopic (exact) mass is 312 g/mol. The van der Waals surface area contributed by atoms with E-state index >= 15 is 0 Å². The maximum absolute atomic E-state index is 9.91. The van der Waals surface area contributed by atoms with E-state index in [9.17, 15) is 16.8 Å². The molecule has 16 heavy (non-hydrogen) atoms. The minimum atomic E-state index is -3.74. The van der Waals surface area contributed by atoms with Gasteiger partial charge in [-0.2, -0.15) is 42.1 Å². The fraction of sp³-hybridized carbons (Fsp3) is 1.00. The van der Waals surface area contributed by atoms with Gasteiger partial charge in [0.1, 0.15) is 0 Å². The summed E-state index contributed by atoms with van der Waals surface area (Å²) in [6, 6.07) is 0. The molecule has 0 saturated carbocycles. The molecule has 0 radical (unpaired) electrons. The van der Waals surface area contributed by atoms with E-state index in [4.69, 9.17) is 9.11 Å². The van der Waals surface area contributed by atoms with Crippen LogP contribution >= 0.6 is 25.3 Å². The largest absolute Gasteiger partial charge is 0.286 e. The molecule has 0 aromatic heterocycles. The van der Waals surface area contributed by atoms with Crippen molar-refractivity contribution in [2.45, 2.75) is 12.8 Å². The molecule has 10 heteroatoms. The second kappa shape index (κ2) is 9.54. The van der Waals surface area contributed by atoms with Crippen LogP contribution in [-0.4, -0.2) is 49.0 Å². The van der Waals surface area contributed by atoms with Gasteiger partial charge in [-0.15, -0.1) is 0 Å². The van der Waals surface area contributed by atoms with Crippen molar-refractivity contribution >= 4 is 45.5 Å². The summed E-state index contributed by atoms with van der Waals surface area (Å²) in [5.41, 5.74) is 0. The van der Waals surface area contributed by atoms with Gasteiger partial charge in [0.25, 0.3) is 20.2 Å². The fourth-order valence-corrected chi connectivity index (χ4v) is 2.26. The van der Waals surface area contributed by atoms with Gasteiger partial charge in [-0.05, 0) is 24.3 Å². The van der Waals surface area contributed by atoms with Crippen LogP contribution in [0.25, 0.3) is 0 Å². The molecular weight excluding hydrogens is 296 g/mol. The average Bonchev–Trinajstić information content (AvgIpc) is 2.10. The molecule has 0 rings (SSSR count). The Morgan fingerprint density at radius 2 is 1.00 bits per heavy atom. The van der Waals surface area contributed by atoms with E-state index in [-0.39, 0.29) is 11.5 Å². The maximum atomic E-state index is 9.91. The van der Waals surface area contributed by atoms with E-state index in [0.29, 0.717) is 24.3 Å². The third kappa shape index (κ3) is 24.0. The van der Waals surface area contributed by atoms with Crippen LogP contribution in [0.5, 0.6) is 0 Å². The summed E-state index contributed by atoms with van der Waals surface area (Å²) in [7, 11) is -7.47. The van der Waals surface area contributed by atoms with Gasteiger partial charge < -0.3 is 0 Å². The number of hydrogen-bond acceptors (Lipinski definition) is 6. The van der Waals surface area contributed by atoms with Crippen molar-refractivity contribution in [3.63, 3.8) is 0 Å². The zero-order chi connectivity index (χ0) is 13.2. The quantitative estimate of drug-likeness (QED) is 0.417. The first-order chi connectivity index (χ1) is 7.12. The summed E-state index contributed by atoms with van der Waals surface area (Å²) in [5, 5.41) is 0. The minimum absolute atomic E-state index is 0.184. The second-order valence-corrected chi connectivity index (χ2v) is 6.76. The van der Waals surface area contributed by atoms with Crippen LogP contribution < -0.4 is 0 Å². The highest BCUT2D eigenvalue weighted by Crippen LogP contribution is 1.89. The van der Waals surface area contributed by atoms with E-state index in [1.807, 2.05) is 0 Å². The standard InChI is InChI=1S/2C3H8O3S2/c2*4-8(5,6)3-1-2-7/h2*7H,1-3H2,(H,4,5,6). The van der Waals surface area contributed by atoms with Crippen molar-refractivity contribution in [2.24, 2.45) is 0 Å². The molecule has 2 N–H and O–H groups in total. The molecule has 0 aliphatic heterocycles. The van der Waals surface area contributed by atoms with Crippen molar-refractivity contribution in [3.8, 4) is 0 Å². The Morgan fingerprint density at radius 3 is 1.06 bits per heavy atom. The Hall–Kier alpha value is 0.520. The van der Waals surface area contributed by atoms with Gasteiger partial charge in [-0.3, -0.25) is 9.11 Å². The highest BCUT2D eigenvalue weighted by Gasteiger charge is 2.01. The van der Waals surface area contributed by atoms with E-state index in [1.54, 1.807) is 0 Å². The lowest BCUT2D eigenvalue weighted by molar-refractivity contribution is 0.480. The lowest BCUT2D eigenvalue weighted by Gasteiger charge is -1.89. The molecule has 0 aromatic rings. The van der Waals surface area contributed by atoms with Gasteiger partial charge >= 0.3 is 0 Å². The van der Waals surface area contributed by atoms with Crippen molar-refractivity contribution in [2.75, 3.05) is 23.0 Å². The first-order valence-corrected chi connectivity index (χ1v) is 8.72. The molecule has 100 valence electrons. The third-order valence-electron chi connectivity index (χ3n) is 1.12. The number of rotatable bonds is 6. The van der Waals surface area contributed by atoms with Crippen molar-refractivity contribution in [3.05, 3.63) is 0 Å². The molecule has 0 heterocycles. The van der Waals surface area contributed by atoms with Crippen molar-refractivity contribution in [1.29, 1.82) is 0 Å².